The Morgan fingerprint density at radius 1 is 1.00 bits per heavy atom. The van der Waals surface area contributed by atoms with Gasteiger partial charge in [-0.3, -0.25) is 4.98 Å². The first-order valence-electron chi connectivity index (χ1n) is 5.00. The van der Waals surface area contributed by atoms with Crippen molar-refractivity contribution in [3.8, 4) is 0 Å². The summed E-state index contributed by atoms with van der Waals surface area (Å²) in [7, 11) is 0. The van der Waals surface area contributed by atoms with Gasteiger partial charge in [-0.25, -0.2) is 0 Å². The Balaban J connectivity index is 2.29. The predicted octanol–water partition coefficient (Wildman–Crippen LogP) is 3.64. The van der Waals surface area contributed by atoms with Crippen molar-refractivity contribution in [1.82, 2.24) is 4.98 Å². The average Bonchev–Trinajstić information content (AvgIpc) is 2.31. The Kier molecular flexibility index (Phi) is 2.93. The fourth-order valence-corrected chi connectivity index (χ4v) is 1.49. The molecule has 1 aromatic carbocycles. The Bertz CT molecular complexity index is 443. The maximum atomic E-state index is 4.00. The molecule has 0 spiro atoms. The van der Waals surface area contributed by atoms with E-state index < -0.39 is 0 Å². The molecule has 74 valence electrons. The first-order chi connectivity index (χ1) is 7.36. The number of hydrogen-bond acceptors (Lipinski definition) is 1. The average molecular weight is 195 g/mol. The van der Waals surface area contributed by atoms with Crippen LogP contribution in [0.15, 0.2) is 54.9 Å². The number of allylic oxidation sites excluding steroid dienone is 1. The van der Waals surface area contributed by atoms with Crippen LogP contribution in [0.25, 0.3) is 11.6 Å². The van der Waals surface area contributed by atoms with Crippen LogP contribution >= 0.6 is 0 Å². The smallest absolute Gasteiger partial charge is 0.0273 e. The molecule has 0 atom stereocenters. The van der Waals surface area contributed by atoms with Crippen LogP contribution in [0.2, 0.25) is 0 Å². The van der Waals surface area contributed by atoms with E-state index in [0.717, 1.165) is 0 Å². The fourth-order valence-electron chi connectivity index (χ4n) is 1.49. The highest BCUT2D eigenvalue weighted by molar-refractivity contribution is 5.79. The maximum absolute atomic E-state index is 4.00. The van der Waals surface area contributed by atoms with Crippen molar-refractivity contribution in [2.75, 3.05) is 0 Å². The second-order valence-electron chi connectivity index (χ2n) is 3.47. The number of rotatable bonds is 2. The summed E-state index contributed by atoms with van der Waals surface area (Å²) in [4.78, 5) is 4.00. The molecule has 0 N–H and O–H groups in total. The lowest BCUT2D eigenvalue weighted by Gasteiger charge is -2.00. The molecule has 0 aliphatic heterocycles. The van der Waals surface area contributed by atoms with Gasteiger partial charge in [0.2, 0.25) is 0 Å². The number of nitrogens with zero attached hydrogens (tertiary/aromatic N) is 1. The lowest BCUT2D eigenvalue weighted by Crippen LogP contribution is -1.79. The van der Waals surface area contributed by atoms with Crippen molar-refractivity contribution in [2.24, 2.45) is 0 Å². The van der Waals surface area contributed by atoms with Crippen molar-refractivity contribution in [1.29, 1.82) is 0 Å². The van der Waals surface area contributed by atoms with E-state index in [1.807, 2.05) is 30.6 Å². The molecule has 0 aliphatic rings. The van der Waals surface area contributed by atoms with Crippen molar-refractivity contribution in [2.45, 2.75) is 6.92 Å². The predicted molar refractivity (Wildman–Crippen MR) is 64.2 cm³/mol. The van der Waals surface area contributed by atoms with Crippen LogP contribution < -0.4 is 0 Å². The second-order valence-corrected chi connectivity index (χ2v) is 3.47. The largest absolute Gasteiger partial charge is 0.265 e. The Labute approximate surface area is 90.1 Å². The van der Waals surface area contributed by atoms with E-state index in [1.54, 1.807) is 0 Å². The van der Waals surface area contributed by atoms with Gasteiger partial charge in [-0.1, -0.05) is 36.4 Å². The molecule has 0 aliphatic carbocycles. The van der Waals surface area contributed by atoms with Gasteiger partial charge < -0.3 is 0 Å². The van der Waals surface area contributed by atoms with E-state index >= 15 is 0 Å². The molecule has 0 saturated heterocycles. The summed E-state index contributed by atoms with van der Waals surface area (Å²) >= 11 is 0. The van der Waals surface area contributed by atoms with Gasteiger partial charge in [0.25, 0.3) is 0 Å². The molecule has 1 aromatic heterocycles. The first kappa shape index (κ1) is 9.66. The van der Waals surface area contributed by atoms with E-state index in [-0.39, 0.29) is 0 Å². The Morgan fingerprint density at radius 3 is 2.33 bits per heavy atom. The molecule has 15 heavy (non-hydrogen) atoms. The van der Waals surface area contributed by atoms with Gasteiger partial charge in [0.05, 0.1) is 0 Å². The third kappa shape index (κ3) is 2.53. The third-order valence-electron chi connectivity index (χ3n) is 2.32. The number of benzene rings is 1. The van der Waals surface area contributed by atoms with Gasteiger partial charge in [-0.15, -0.1) is 0 Å². The molecule has 0 bridgehead atoms. The van der Waals surface area contributed by atoms with Crippen LogP contribution in [0.4, 0.5) is 0 Å². The summed E-state index contributed by atoms with van der Waals surface area (Å²) in [5.74, 6) is 0. The molecule has 0 unspecified atom stereocenters. The molecule has 1 heterocycles. The minimum atomic E-state index is 1.19. The van der Waals surface area contributed by atoms with E-state index in [4.69, 9.17) is 0 Å². The zero-order valence-corrected chi connectivity index (χ0v) is 8.72. The van der Waals surface area contributed by atoms with E-state index in [1.165, 1.54) is 16.7 Å². The van der Waals surface area contributed by atoms with Crippen LogP contribution in [0, 0.1) is 0 Å². The summed E-state index contributed by atoms with van der Waals surface area (Å²) in [6.07, 6.45) is 5.78. The summed E-state index contributed by atoms with van der Waals surface area (Å²) in [6.45, 7) is 2.12. The molecule has 1 nitrogen and oxygen atoms in total. The molecular weight excluding hydrogens is 182 g/mol. The zero-order valence-electron chi connectivity index (χ0n) is 8.72. The Hall–Kier alpha value is -1.89. The van der Waals surface area contributed by atoms with Gasteiger partial charge >= 0.3 is 0 Å². The highest BCUT2D eigenvalue weighted by Gasteiger charge is 1.93. The normalized spacial score (nSPS) is 11.4. The van der Waals surface area contributed by atoms with Gasteiger partial charge in [0.1, 0.15) is 0 Å². The van der Waals surface area contributed by atoms with Gasteiger partial charge in [0.15, 0.2) is 0 Å². The van der Waals surface area contributed by atoms with E-state index in [2.05, 4.69) is 42.2 Å². The van der Waals surface area contributed by atoms with Gasteiger partial charge in [-0.2, -0.15) is 0 Å². The quantitative estimate of drug-likeness (QED) is 0.712. The zero-order chi connectivity index (χ0) is 10.5. The van der Waals surface area contributed by atoms with Crippen molar-refractivity contribution in [3.63, 3.8) is 0 Å². The molecule has 0 radical (unpaired) electrons. The highest BCUT2D eigenvalue weighted by Crippen LogP contribution is 2.16. The fraction of sp³-hybridized carbons (Fsp3) is 0.0714. The first-order valence-corrected chi connectivity index (χ1v) is 5.00. The van der Waals surface area contributed by atoms with Crippen molar-refractivity contribution < 1.29 is 0 Å². The Morgan fingerprint density at radius 2 is 1.67 bits per heavy atom. The van der Waals surface area contributed by atoms with Crippen LogP contribution in [0.5, 0.6) is 0 Å². The van der Waals surface area contributed by atoms with Crippen LogP contribution in [0.1, 0.15) is 18.1 Å². The highest BCUT2D eigenvalue weighted by atomic mass is 14.6. The van der Waals surface area contributed by atoms with Gasteiger partial charge in [0, 0.05) is 12.4 Å². The number of hydrogen-bond donors (Lipinski definition) is 0. The van der Waals surface area contributed by atoms with Crippen LogP contribution in [-0.2, 0) is 0 Å². The molecule has 0 saturated carbocycles. The maximum Gasteiger partial charge on any atom is 0.0273 e. The SMILES string of the molecule is C/C(=C\c1ccncc1)c1ccccc1. The van der Waals surface area contributed by atoms with E-state index in [9.17, 15) is 0 Å². The summed E-state index contributed by atoms with van der Waals surface area (Å²) in [5.41, 5.74) is 3.71. The van der Waals surface area contributed by atoms with E-state index in [0.29, 0.717) is 0 Å². The van der Waals surface area contributed by atoms with Crippen LogP contribution in [0.3, 0.4) is 0 Å². The molecule has 0 fully saturated rings. The summed E-state index contributed by atoms with van der Waals surface area (Å²) < 4.78 is 0. The van der Waals surface area contributed by atoms with Crippen molar-refractivity contribution in [3.05, 3.63) is 66.0 Å². The molecule has 2 rings (SSSR count). The number of aromatic nitrogens is 1. The molecular formula is C14H13N. The molecule has 0 amide bonds. The summed E-state index contributed by atoms with van der Waals surface area (Å²) in [6, 6.07) is 14.4. The summed E-state index contributed by atoms with van der Waals surface area (Å²) in [5, 5.41) is 0. The lowest BCUT2D eigenvalue weighted by molar-refractivity contribution is 1.32. The van der Waals surface area contributed by atoms with Gasteiger partial charge in [-0.05, 0) is 35.8 Å². The topological polar surface area (TPSA) is 12.9 Å². The minimum absolute atomic E-state index is 1.19. The third-order valence-corrected chi connectivity index (χ3v) is 2.32. The molecule has 2 aromatic rings. The molecule has 1 heteroatoms. The standard InChI is InChI=1S/C14H13N/c1-12(14-5-3-2-4-6-14)11-13-7-9-15-10-8-13/h2-11H,1H3/b12-11+. The monoisotopic (exact) mass is 195 g/mol. The minimum Gasteiger partial charge on any atom is -0.265 e. The van der Waals surface area contributed by atoms with Crippen molar-refractivity contribution >= 4 is 11.6 Å². The lowest BCUT2D eigenvalue weighted by atomic mass is 10.1. The number of pyridine rings is 1. The van der Waals surface area contributed by atoms with Crippen LogP contribution in [-0.4, -0.2) is 4.98 Å². The second kappa shape index (κ2) is 4.56.